The molecule has 7 heteroatoms. The summed E-state index contributed by atoms with van der Waals surface area (Å²) in [5.41, 5.74) is 0.969. The predicted molar refractivity (Wildman–Crippen MR) is 109 cm³/mol. The van der Waals surface area contributed by atoms with E-state index >= 15 is 4.39 Å². The summed E-state index contributed by atoms with van der Waals surface area (Å²) in [6.07, 6.45) is 4.83. The molecule has 2 aromatic rings. The fourth-order valence-corrected chi connectivity index (χ4v) is 5.01. The van der Waals surface area contributed by atoms with Gasteiger partial charge in [-0.15, -0.1) is 0 Å². The van der Waals surface area contributed by atoms with Gasteiger partial charge in [-0.25, -0.2) is 9.18 Å². The minimum atomic E-state index is -1.29. The zero-order valence-corrected chi connectivity index (χ0v) is 16.8. The molecule has 0 saturated carbocycles. The van der Waals surface area contributed by atoms with Crippen LogP contribution in [0.25, 0.3) is 10.9 Å². The Kier molecular flexibility index (Phi) is 5.11. The molecule has 0 spiro atoms. The van der Waals surface area contributed by atoms with Gasteiger partial charge in [0, 0.05) is 42.2 Å². The Morgan fingerprint density at radius 3 is 2.79 bits per heavy atom. The number of piperidine rings is 1. The zero-order chi connectivity index (χ0) is 20.9. The van der Waals surface area contributed by atoms with E-state index in [0.717, 1.165) is 24.8 Å². The number of halogens is 1. The van der Waals surface area contributed by atoms with Gasteiger partial charge in [-0.3, -0.25) is 4.79 Å². The Morgan fingerprint density at radius 1 is 1.34 bits per heavy atom. The number of aliphatic hydroxyl groups excluding tert-OH is 1. The lowest BCUT2D eigenvalue weighted by molar-refractivity contribution is 0.0694. The number of anilines is 1. The number of aromatic nitrogens is 1. The Labute approximate surface area is 168 Å². The third-order valence-electron chi connectivity index (χ3n) is 6.53. The summed E-state index contributed by atoms with van der Waals surface area (Å²) >= 11 is 0. The van der Waals surface area contributed by atoms with Gasteiger partial charge in [0.25, 0.3) is 0 Å². The van der Waals surface area contributed by atoms with Crippen molar-refractivity contribution in [2.24, 2.45) is 5.92 Å². The normalized spacial score (nSPS) is 24.1. The number of aryl methyl sites for hydroxylation is 1. The van der Waals surface area contributed by atoms with Gasteiger partial charge in [-0.2, -0.15) is 0 Å². The highest BCUT2D eigenvalue weighted by Crippen LogP contribution is 2.39. The van der Waals surface area contributed by atoms with E-state index in [0.29, 0.717) is 37.1 Å². The summed E-state index contributed by atoms with van der Waals surface area (Å²) < 4.78 is 17.2. The van der Waals surface area contributed by atoms with E-state index in [1.807, 2.05) is 16.4 Å². The van der Waals surface area contributed by atoms with Crippen molar-refractivity contribution in [1.82, 2.24) is 4.57 Å². The quantitative estimate of drug-likeness (QED) is 0.820. The number of carboxylic acid groups (broad SMARTS) is 1. The van der Waals surface area contributed by atoms with E-state index in [9.17, 15) is 19.8 Å². The molecular weight excluding hydrogens is 375 g/mol. The van der Waals surface area contributed by atoms with Gasteiger partial charge in [-0.05, 0) is 38.7 Å². The van der Waals surface area contributed by atoms with E-state index in [1.54, 1.807) is 0 Å². The third-order valence-corrected chi connectivity index (χ3v) is 6.53. The Morgan fingerprint density at radius 2 is 2.10 bits per heavy atom. The van der Waals surface area contributed by atoms with Gasteiger partial charge in [0.05, 0.1) is 17.3 Å². The standard InChI is InChI=1S/C22H27FN2O4/c1-3-4-13-10-24(8-7-18(13)26)20-14-6-5-12(2)25-11-16(22(28)29)21(27)15(19(14)25)9-17(20)23/h9,11-13,18,26H,3-8,10H2,1-2H3,(H,28,29)/t12?,13?,18-/m0/s1. The van der Waals surface area contributed by atoms with Crippen molar-refractivity contribution < 1.29 is 19.4 Å². The summed E-state index contributed by atoms with van der Waals surface area (Å²) in [4.78, 5) is 26.3. The number of pyridine rings is 1. The fraction of sp³-hybridized carbons (Fsp3) is 0.545. The van der Waals surface area contributed by atoms with Gasteiger partial charge in [0.1, 0.15) is 11.4 Å². The molecule has 2 aliphatic heterocycles. The molecule has 0 radical (unpaired) electrons. The number of rotatable bonds is 4. The zero-order valence-electron chi connectivity index (χ0n) is 16.8. The minimum absolute atomic E-state index is 0.0260. The van der Waals surface area contributed by atoms with Crippen LogP contribution in [-0.4, -0.2) is 39.9 Å². The highest BCUT2D eigenvalue weighted by molar-refractivity contribution is 5.95. The predicted octanol–water partition coefficient (Wildman–Crippen LogP) is 3.33. The van der Waals surface area contributed by atoms with E-state index < -0.39 is 17.2 Å². The summed E-state index contributed by atoms with van der Waals surface area (Å²) in [6.45, 7) is 5.20. The van der Waals surface area contributed by atoms with Crippen LogP contribution < -0.4 is 10.3 Å². The van der Waals surface area contributed by atoms with Gasteiger partial charge in [-0.1, -0.05) is 13.3 Å². The molecule has 3 atom stereocenters. The lowest BCUT2D eigenvalue weighted by Crippen LogP contribution is -2.44. The van der Waals surface area contributed by atoms with Crippen LogP contribution in [0.3, 0.4) is 0 Å². The number of aromatic carboxylic acids is 1. The maximum atomic E-state index is 15.3. The summed E-state index contributed by atoms with van der Waals surface area (Å²) in [6, 6.07) is 1.23. The van der Waals surface area contributed by atoms with Crippen LogP contribution in [0.2, 0.25) is 0 Å². The molecule has 1 aromatic heterocycles. The summed E-state index contributed by atoms with van der Waals surface area (Å²) in [5.74, 6) is -1.69. The van der Waals surface area contributed by atoms with Gasteiger partial charge < -0.3 is 19.7 Å². The minimum Gasteiger partial charge on any atom is -0.477 e. The molecule has 156 valence electrons. The van der Waals surface area contributed by atoms with Gasteiger partial charge >= 0.3 is 5.97 Å². The Hall–Kier alpha value is -2.41. The second kappa shape index (κ2) is 7.44. The van der Waals surface area contributed by atoms with E-state index in [2.05, 4.69) is 6.92 Å². The molecule has 2 aliphatic rings. The third kappa shape index (κ3) is 3.21. The van der Waals surface area contributed by atoms with Crippen LogP contribution in [-0.2, 0) is 6.42 Å². The van der Waals surface area contributed by atoms with Crippen molar-refractivity contribution in [3.63, 3.8) is 0 Å². The lowest BCUT2D eigenvalue weighted by Gasteiger charge is -2.40. The smallest absolute Gasteiger partial charge is 0.341 e. The largest absolute Gasteiger partial charge is 0.477 e. The lowest BCUT2D eigenvalue weighted by atomic mass is 9.88. The van der Waals surface area contributed by atoms with Crippen molar-refractivity contribution in [1.29, 1.82) is 0 Å². The first kappa shape index (κ1) is 19.9. The average Bonchev–Trinajstić information content (AvgIpc) is 2.68. The average molecular weight is 402 g/mol. The number of aliphatic hydroxyl groups is 1. The Balaban J connectivity index is 1.92. The van der Waals surface area contributed by atoms with Crippen molar-refractivity contribution in [3.05, 3.63) is 39.4 Å². The molecule has 6 nitrogen and oxygen atoms in total. The van der Waals surface area contributed by atoms with Crippen LogP contribution in [0.5, 0.6) is 0 Å². The number of hydrogen-bond acceptors (Lipinski definition) is 4. The number of nitrogens with zero attached hydrogens (tertiary/aromatic N) is 2. The SMILES string of the molecule is CCCC1CN(c2c(F)cc3c(=O)c(C(=O)O)cn4c3c2CCC4C)CC[C@@H]1O. The number of hydrogen-bond donors (Lipinski definition) is 2. The van der Waals surface area contributed by atoms with Crippen LogP contribution >= 0.6 is 0 Å². The van der Waals surface area contributed by atoms with Crippen molar-refractivity contribution in [3.8, 4) is 0 Å². The number of carbonyl (C=O) groups is 1. The molecule has 1 fully saturated rings. The first-order valence-electron chi connectivity index (χ1n) is 10.4. The maximum Gasteiger partial charge on any atom is 0.341 e. The topological polar surface area (TPSA) is 82.8 Å². The van der Waals surface area contributed by atoms with E-state index in [-0.39, 0.29) is 29.0 Å². The highest BCUT2D eigenvalue weighted by atomic mass is 19.1. The summed E-state index contributed by atoms with van der Waals surface area (Å²) in [5, 5.41) is 19.9. The molecule has 0 amide bonds. The van der Waals surface area contributed by atoms with Crippen molar-refractivity contribution in [2.75, 3.05) is 18.0 Å². The monoisotopic (exact) mass is 402 g/mol. The van der Waals surface area contributed by atoms with Crippen LogP contribution in [0.1, 0.15) is 61.5 Å². The first-order valence-corrected chi connectivity index (χ1v) is 10.4. The molecule has 1 saturated heterocycles. The molecular formula is C22H27FN2O4. The fourth-order valence-electron chi connectivity index (χ4n) is 5.01. The molecule has 2 unspecified atom stereocenters. The molecule has 2 N–H and O–H groups in total. The number of benzene rings is 1. The maximum absolute atomic E-state index is 15.3. The second-order valence-electron chi connectivity index (χ2n) is 8.40. The van der Waals surface area contributed by atoms with Gasteiger partial charge in [0.15, 0.2) is 0 Å². The first-order chi connectivity index (χ1) is 13.8. The molecule has 1 aromatic carbocycles. The van der Waals surface area contributed by atoms with Crippen molar-refractivity contribution >= 4 is 22.6 Å². The molecule has 3 heterocycles. The van der Waals surface area contributed by atoms with E-state index in [4.69, 9.17) is 0 Å². The highest BCUT2D eigenvalue weighted by Gasteiger charge is 2.33. The molecule has 0 aliphatic carbocycles. The second-order valence-corrected chi connectivity index (χ2v) is 8.40. The molecule has 0 bridgehead atoms. The van der Waals surface area contributed by atoms with Crippen LogP contribution in [0, 0.1) is 11.7 Å². The molecule has 29 heavy (non-hydrogen) atoms. The van der Waals surface area contributed by atoms with Crippen LogP contribution in [0.4, 0.5) is 10.1 Å². The van der Waals surface area contributed by atoms with Crippen LogP contribution in [0.15, 0.2) is 17.1 Å². The number of carboxylic acids is 1. The summed E-state index contributed by atoms with van der Waals surface area (Å²) in [7, 11) is 0. The van der Waals surface area contributed by atoms with E-state index in [1.165, 1.54) is 12.3 Å². The molecule has 4 rings (SSSR count). The van der Waals surface area contributed by atoms with Crippen molar-refractivity contribution in [2.45, 2.75) is 58.1 Å². The Bertz CT molecular complexity index is 1030. The van der Waals surface area contributed by atoms with Gasteiger partial charge in [0.2, 0.25) is 5.43 Å².